The number of allylic oxidation sites excluding steroid dienone is 1. The first-order valence-corrected chi connectivity index (χ1v) is 10.2. The van der Waals surface area contributed by atoms with E-state index < -0.39 is 17.2 Å². The summed E-state index contributed by atoms with van der Waals surface area (Å²) in [5, 5.41) is 3.25. The van der Waals surface area contributed by atoms with E-state index in [1.165, 1.54) is 4.57 Å². The number of nitrogens with zero attached hydrogens (tertiary/aromatic N) is 1. The summed E-state index contributed by atoms with van der Waals surface area (Å²) in [7, 11) is 3.11. The first kappa shape index (κ1) is 20.0. The van der Waals surface area contributed by atoms with E-state index >= 15 is 0 Å². The Morgan fingerprint density at radius 2 is 1.78 bits per heavy atom. The number of fused-ring (bicyclic) bond motifs is 3. The number of hydrogen-bond donors (Lipinski definition) is 2. The van der Waals surface area contributed by atoms with Crippen molar-refractivity contribution >= 4 is 17.3 Å². The lowest BCUT2D eigenvalue weighted by atomic mass is 9.81. The van der Waals surface area contributed by atoms with E-state index in [0.29, 0.717) is 34.0 Å². The van der Waals surface area contributed by atoms with Gasteiger partial charge >= 0.3 is 5.69 Å². The van der Waals surface area contributed by atoms with Crippen molar-refractivity contribution in [1.29, 1.82) is 0 Å². The molecule has 0 saturated heterocycles. The van der Waals surface area contributed by atoms with Crippen LogP contribution in [0, 0.1) is 0 Å². The minimum Gasteiger partial charge on any atom is -0.497 e. The summed E-state index contributed by atoms with van der Waals surface area (Å²) in [4.78, 5) is 41.7. The molecule has 0 fully saturated rings. The molecule has 2 aromatic carbocycles. The number of H-pyrrole nitrogens is 1. The van der Waals surface area contributed by atoms with Gasteiger partial charge in [-0.05, 0) is 17.7 Å². The van der Waals surface area contributed by atoms with Crippen LogP contribution in [0.3, 0.4) is 0 Å². The molecule has 2 heterocycles. The fourth-order valence-electron chi connectivity index (χ4n) is 4.52. The van der Waals surface area contributed by atoms with Gasteiger partial charge in [-0.15, -0.1) is 0 Å². The van der Waals surface area contributed by atoms with Crippen molar-refractivity contribution in [3.8, 4) is 5.75 Å². The number of carbonyl (C=O) groups excluding carboxylic acids is 1. The van der Waals surface area contributed by atoms with E-state index in [1.807, 2.05) is 36.4 Å². The molecule has 1 aliphatic carbocycles. The second-order valence-corrected chi connectivity index (χ2v) is 7.66. The van der Waals surface area contributed by atoms with Gasteiger partial charge in [-0.1, -0.05) is 36.4 Å². The molecule has 0 saturated carbocycles. The third-order valence-corrected chi connectivity index (χ3v) is 5.96. The van der Waals surface area contributed by atoms with Crippen LogP contribution in [-0.4, -0.2) is 36.2 Å². The lowest BCUT2D eigenvalue weighted by Crippen LogP contribution is -2.38. The average molecular weight is 431 g/mol. The number of nitrogens with one attached hydrogen (secondary N) is 2. The maximum Gasteiger partial charge on any atom is 0.330 e. The highest BCUT2D eigenvalue weighted by Crippen LogP contribution is 2.48. The molecule has 8 heteroatoms. The quantitative estimate of drug-likeness (QED) is 0.643. The maximum atomic E-state index is 13.5. The monoisotopic (exact) mass is 431 g/mol. The number of Topliss-reactive ketones (excluding diaryl/α,β-unsaturated/α-hetero) is 1. The molecular weight excluding hydrogens is 410 g/mol. The molecule has 0 bridgehead atoms. The van der Waals surface area contributed by atoms with E-state index in [-0.39, 0.29) is 18.9 Å². The highest BCUT2D eigenvalue weighted by atomic mass is 16.5. The van der Waals surface area contributed by atoms with Gasteiger partial charge in [0.1, 0.15) is 11.6 Å². The van der Waals surface area contributed by atoms with Crippen molar-refractivity contribution in [1.82, 2.24) is 9.55 Å². The molecular formula is C24H21N3O5. The third-order valence-electron chi connectivity index (χ3n) is 5.96. The van der Waals surface area contributed by atoms with Crippen LogP contribution in [-0.2, 0) is 11.3 Å². The van der Waals surface area contributed by atoms with Gasteiger partial charge in [0, 0.05) is 29.7 Å². The molecule has 1 aliphatic heterocycles. The predicted molar refractivity (Wildman–Crippen MR) is 119 cm³/mol. The third kappa shape index (κ3) is 2.91. The molecule has 2 aliphatic rings. The topological polar surface area (TPSA) is 102 Å². The van der Waals surface area contributed by atoms with E-state index in [0.717, 1.165) is 11.1 Å². The van der Waals surface area contributed by atoms with Gasteiger partial charge in [-0.3, -0.25) is 19.1 Å². The molecule has 0 radical (unpaired) electrons. The first-order chi connectivity index (χ1) is 15.5. The number of carbonyl (C=O) groups is 1. The van der Waals surface area contributed by atoms with E-state index in [9.17, 15) is 14.4 Å². The average Bonchev–Trinajstić information content (AvgIpc) is 3.09. The van der Waals surface area contributed by atoms with Crippen LogP contribution in [0.5, 0.6) is 5.75 Å². The summed E-state index contributed by atoms with van der Waals surface area (Å²) in [5.74, 6) is 0.161. The van der Waals surface area contributed by atoms with Crippen LogP contribution in [0.15, 0.2) is 63.7 Å². The smallest absolute Gasteiger partial charge is 0.330 e. The van der Waals surface area contributed by atoms with Crippen LogP contribution in [0.4, 0.5) is 5.82 Å². The number of hydrogen-bond acceptors (Lipinski definition) is 6. The minimum atomic E-state index is -0.672. The zero-order chi connectivity index (χ0) is 22.4. The number of anilines is 1. The van der Waals surface area contributed by atoms with Gasteiger partial charge in [0.2, 0.25) is 0 Å². The lowest BCUT2D eigenvalue weighted by molar-refractivity contribution is 0.103. The molecule has 0 spiro atoms. The lowest BCUT2D eigenvalue weighted by Gasteiger charge is -2.29. The molecule has 1 aromatic heterocycles. The summed E-state index contributed by atoms with van der Waals surface area (Å²) in [6.07, 6.45) is 0. The van der Waals surface area contributed by atoms with Crippen LogP contribution < -0.4 is 21.3 Å². The summed E-state index contributed by atoms with van der Waals surface area (Å²) in [6, 6.07) is 14.6. The Morgan fingerprint density at radius 3 is 2.53 bits per heavy atom. The van der Waals surface area contributed by atoms with Crippen molar-refractivity contribution < 1.29 is 14.3 Å². The molecule has 0 unspecified atom stereocenters. The van der Waals surface area contributed by atoms with Crippen molar-refractivity contribution in [3.63, 3.8) is 0 Å². The number of methoxy groups -OCH3 is 2. The molecule has 8 nitrogen and oxygen atoms in total. The molecule has 3 aromatic rings. The predicted octanol–water partition coefficient (Wildman–Crippen LogP) is 2.36. The Kier molecular flexibility index (Phi) is 4.79. The Bertz CT molecular complexity index is 1400. The highest BCUT2D eigenvalue weighted by Gasteiger charge is 2.42. The summed E-state index contributed by atoms with van der Waals surface area (Å²) < 4.78 is 12.0. The summed E-state index contributed by atoms with van der Waals surface area (Å²) in [5.41, 5.74) is 2.37. The molecule has 5 rings (SSSR count). The minimum absolute atomic E-state index is 0.143. The number of rotatable bonds is 5. The van der Waals surface area contributed by atoms with Crippen molar-refractivity contribution in [2.45, 2.75) is 12.5 Å². The zero-order valence-corrected chi connectivity index (χ0v) is 17.6. The van der Waals surface area contributed by atoms with Gasteiger partial charge in [0.25, 0.3) is 5.56 Å². The van der Waals surface area contributed by atoms with Crippen LogP contribution in [0.1, 0.15) is 33.0 Å². The van der Waals surface area contributed by atoms with E-state index in [4.69, 9.17) is 9.47 Å². The van der Waals surface area contributed by atoms with Crippen molar-refractivity contribution in [3.05, 3.63) is 97.2 Å². The first-order valence-electron chi connectivity index (χ1n) is 10.2. The second kappa shape index (κ2) is 7.65. The number of ketones is 1. The molecule has 1 atom stereocenters. The van der Waals surface area contributed by atoms with E-state index in [1.54, 1.807) is 26.4 Å². The van der Waals surface area contributed by atoms with Crippen molar-refractivity contribution in [2.75, 3.05) is 26.1 Å². The van der Waals surface area contributed by atoms with Crippen LogP contribution in [0.2, 0.25) is 0 Å². The van der Waals surface area contributed by atoms with Gasteiger partial charge in [0.15, 0.2) is 5.78 Å². The molecule has 32 heavy (non-hydrogen) atoms. The van der Waals surface area contributed by atoms with E-state index in [2.05, 4.69) is 10.3 Å². The Labute approximate surface area is 183 Å². The fraction of sp³-hybridized carbons (Fsp3) is 0.208. The molecule has 2 N–H and O–H groups in total. The zero-order valence-electron chi connectivity index (χ0n) is 17.6. The fourth-order valence-corrected chi connectivity index (χ4v) is 4.52. The highest BCUT2D eigenvalue weighted by molar-refractivity contribution is 6.23. The van der Waals surface area contributed by atoms with Crippen LogP contribution in [0.25, 0.3) is 5.70 Å². The number of ether oxygens (including phenoxy) is 2. The molecule has 162 valence electrons. The second-order valence-electron chi connectivity index (χ2n) is 7.66. The normalized spacial score (nSPS) is 16.3. The standard InChI is InChI=1S/C24H21N3O5/c1-31-11-10-27-22-19(23(29)26-24(27)30)17(13-6-5-7-14(12-13)32-2)18-20(25-22)15-8-3-4-9-16(15)21(18)28/h3-9,12,17,25H,10-11H2,1-2H3,(H,26,29,30)/t17-/m1/s1. The maximum absolute atomic E-state index is 13.5. The largest absolute Gasteiger partial charge is 0.497 e. The number of aromatic nitrogens is 2. The van der Waals surface area contributed by atoms with Gasteiger partial charge in [-0.2, -0.15) is 0 Å². The number of benzene rings is 2. The number of aromatic amines is 1. The van der Waals surface area contributed by atoms with Gasteiger partial charge < -0.3 is 14.8 Å². The summed E-state index contributed by atoms with van der Waals surface area (Å²) >= 11 is 0. The summed E-state index contributed by atoms with van der Waals surface area (Å²) in [6.45, 7) is 0.524. The SMILES string of the molecule is COCCn1c2c(c(=O)[nH]c1=O)[C@H](c1cccc(OC)c1)C1=C(N2)c2ccccc2C1=O. The molecule has 0 amide bonds. The van der Waals surface area contributed by atoms with Gasteiger partial charge in [-0.25, -0.2) is 4.79 Å². The Morgan fingerprint density at radius 1 is 1.00 bits per heavy atom. The Hall–Kier alpha value is -3.91. The van der Waals surface area contributed by atoms with Crippen molar-refractivity contribution in [2.24, 2.45) is 0 Å². The Balaban J connectivity index is 1.83. The van der Waals surface area contributed by atoms with Crippen LogP contribution >= 0.6 is 0 Å². The van der Waals surface area contributed by atoms with Gasteiger partial charge in [0.05, 0.1) is 31.5 Å².